The third-order valence-electron chi connectivity index (χ3n) is 3.86. The Balaban J connectivity index is 1.95. The van der Waals surface area contributed by atoms with Crippen LogP contribution in [0.25, 0.3) is 0 Å². The Labute approximate surface area is 153 Å². The van der Waals surface area contributed by atoms with Crippen LogP contribution >= 0.6 is 11.8 Å². The van der Waals surface area contributed by atoms with E-state index in [1.807, 2.05) is 37.3 Å². The Kier molecular flexibility index (Phi) is 6.52. The Bertz CT molecular complexity index is 735. The zero-order valence-electron chi connectivity index (χ0n) is 14.3. The number of nitrogens with one attached hydrogen (secondary N) is 1. The summed E-state index contributed by atoms with van der Waals surface area (Å²) in [5.74, 6) is 3.93. The molecular formula is C16H20F3N5OS. The SMILES string of the molecule is CC[C@H](CNC(=O)[C@@H](C)Sc1nnc(C(F)(F)F)n1N)c1ccccc1. The van der Waals surface area contributed by atoms with Gasteiger partial charge in [0, 0.05) is 12.5 Å². The van der Waals surface area contributed by atoms with E-state index in [9.17, 15) is 18.0 Å². The number of carbonyl (C=O) groups is 1. The van der Waals surface area contributed by atoms with Crippen molar-refractivity contribution in [2.24, 2.45) is 0 Å². The molecule has 3 N–H and O–H groups in total. The Morgan fingerprint density at radius 3 is 2.50 bits per heavy atom. The van der Waals surface area contributed by atoms with Gasteiger partial charge in [0.1, 0.15) is 0 Å². The first-order valence-electron chi connectivity index (χ1n) is 8.01. The molecule has 0 saturated heterocycles. The van der Waals surface area contributed by atoms with Gasteiger partial charge in [0.15, 0.2) is 0 Å². The summed E-state index contributed by atoms with van der Waals surface area (Å²) >= 11 is 0.823. The van der Waals surface area contributed by atoms with E-state index in [0.29, 0.717) is 11.2 Å². The molecule has 0 bridgehead atoms. The van der Waals surface area contributed by atoms with Crippen LogP contribution in [0, 0.1) is 0 Å². The van der Waals surface area contributed by atoms with Gasteiger partial charge >= 0.3 is 6.18 Å². The highest BCUT2D eigenvalue weighted by Crippen LogP contribution is 2.30. The second-order valence-corrected chi connectivity index (χ2v) is 7.00. The van der Waals surface area contributed by atoms with Gasteiger partial charge in [0.05, 0.1) is 5.25 Å². The van der Waals surface area contributed by atoms with Crippen LogP contribution in [0.15, 0.2) is 35.5 Å². The lowest BCUT2D eigenvalue weighted by molar-refractivity contribution is -0.146. The molecule has 0 radical (unpaired) electrons. The lowest BCUT2D eigenvalue weighted by atomic mass is 9.96. The molecule has 1 aromatic carbocycles. The highest BCUT2D eigenvalue weighted by molar-refractivity contribution is 8.00. The monoisotopic (exact) mass is 387 g/mol. The Morgan fingerprint density at radius 2 is 1.96 bits per heavy atom. The second kappa shape index (κ2) is 8.43. The van der Waals surface area contributed by atoms with Crippen LogP contribution in [0.3, 0.4) is 0 Å². The molecule has 10 heteroatoms. The van der Waals surface area contributed by atoms with Gasteiger partial charge in [-0.1, -0.05) is 49.0 Å². The zero-order valence-corrected chi connectivity index (χ0v) is 15.1. The van der Waals surface area contributed by atoms with Crippen molar-refractivity contribution < 1.29 is 18.0 Å². The van der Waals surface area contributed by atoms with Crippen LogP contribution < -0.4 is 11.2 Å². The predicted molar refractivity (Wildman–Crippen MR) is 93.0 cm³/mol. The molecule has 1 amide bonds. The molecule has 0 aliphatic heterocycles. The molecule has 2 rings (SSSR count). The maximum absolute atomic E-state index is 12.7. The number of hydrogen-bond acceptors (Lipinski definition) is 5. The van der Waals surface area contributed by atoms with Gasteiger partial charge in [-0.25, -0.2) is 4.68 Å². The molecule has 142 valence electrons. The van der Waals surface area contributed by atoms with E-state index < -0.39 is 17.3 Å². The number of nitrogens with two attached hydrogens (primary N) is 1. The highest BCUT2D eigenvalue weighted by Gasteiger charge is 2.38. The average molecular weight is 387 g/mol. The van der Waals surface area contributed by atoms with Crippen LogP contribution in [0.5, 0.6) is 0 Å². The van der Waals surface area contributed by atoms with Crippen molar-refractivity contribution in [2.75, 3.05) is 12.4 Å². The third kappa shape index (κ3) is 4.90. The van der Waals surface area contributed by atoms with E-state index in [-0.39, 0.29) is 17.0 Å². The van der Waals surface area contributed by atoms with Crippen LogP contribution in [-0.4, -0.2) is 32.6 Å². The molecule has 0 spiro atoms. The number of amides is 1. The predicted octanol–water partition coefficient (Wildman–Crippen LogP) is 2.80. The first kappa shape index (κ1) is 20.1. The van der Waals surface area contributed by atoms with E-state index in [4.69, 9.17) is 5.84 Å². The number of nitrogens with zero attached hydrogens (tertiary/aromatic N) is 3. The number of aromatic nitrogens is 3. The number of carbonyl (C=O) groups excluding carboxylic acids is 1. The van der Waals surface area contributed by atoms with E-state index in [0.717, 1.165) is 23.7 Å². The van der Waals surface area contributed by atoms with Crippen LogP contribution in [-0.2, 0) is 11.0 Å². The van der Waals surface area contributed by atoms with E-state index in [1.54, 1.807) is 6.92 Å². The van der Waals surface area contributed by atoms with Gasteiger partial charge in [-0.15, -0.1) is 10.2 Å². The molecule has 0 saturated carbocycles. The van der Waals surface area contributed by atoms with Crippen molar-refractivity contribution in [2.45, 2.75) is 42.8 Å². The molecule has 0 unspecified atom stereocenters. The summed E-state index contributed by atoms with van der Waals surface area (Å²) in [5.41, 5.74) is 1.12. The standard InChI is InChI=1S/C16H20F3N5OS/c1-3-11(12-7-5-4-6-8-12)9-21-13(25)10(2)26-15-23-22-14(24(15)20)16(17,18)19/h4-8,10-11H,3,9,20H2,1-2H3,(H,21,25)/t10-,11-/m1/s1. The van der Waals surface area contributed by atoms with Gasteiger partial charge < -0.3 is 11.2 Å². The quantitative estimate of drug-likeness (QED) is 0.564. The van der Waals surface area contributed by atoms with Crippen LogP contribution in [0.2, 0.25) is 0 Å². The second-order valence-electron chi connectivity index (χ2n) is 5.70. The summed E-state index contributed by atoms with van der Waals surface area (Å²) in [6, 6.07) is 9.78. The topological polar surface area (TPSA) is 85.8 Å². The number of alkyl halides is 3. The molecular weight excluding hydrogens is 367 g/mol. The molecule has 0 fully saturated rings. The van der Waals surface area contributed by atoms with Crippen molar-refractivity contribution in [3.63, 3.8) is 0 Å². The maximum atomic E-state index is 12.7. The van der Waals surface area contributed by atoms with E-state index in [1.165, 1.54) is 0 Å². The molecule has 6 nitrogen and oxygen atoms in total. The first-order chi connectivity index (χ1) is 12.2. The number of hydrogen-bond donors (Lipinski definition) is 2. The number of nitrogen functional groups attached to an aromatic ring is 1. The summed E-state index contributed by atoms with van der Waals surface area (Å²) in [4.78, 5) is 12.3. The highest BCUT2D eigenvalue weighted by atomic mass is 32.2. The molecule has 1 aromatic heterocycles. The smallest absolute Gasteiger partial charge is 0.355 e. The fourth-order valence-electron chi connectivity index (χ4n) is 2.35. The van der Waals surface area contributed by atoms with E-state index >= 15 is 0 Å². The van der Waals surface area contributed by atoms with Gasteiger partial charge in [-0.2, -0.15) is 13.2 Å². The Hall–Kier alpha value is -2.23. The molecule has 26 heavy (non-hydrogen) atoms. The summed E-state index contributed by atoms with van der Waals surface area (Å²) in [7, 11) is 0. The van der Waals surface area contributed by atoms with Crippen molar-refractivity contribution >= 4 is 17.7 Å². The minimum atomic E-state index is -4.70. The van der Waals surface area contributed by atoms with E-state index in [2.05, 4.69) is 15.5 Å². The van der Waals surface area contributed by atoms with Crippen molar-refractivity contribution in [3.05, 3.63) is 41.7 Å². The average Bonchev–Trinajstić information content (AvgIpc) is 2.97. The molecule has 0 aliphatic rings. The van der Waals surface area contributed by atoms with Crippen molar-refractivity contribution in [1.82, 2.24) is 20.2 Å². The fourth-order valence-corrected chi connectivity index (χ4v) is 3.15. The van der Waals surface area contributed by atoms with Crippen LogP contribution in [0.4, 0.5) is 13.2 Å². The molecule has 0 aliphatic carbocycles. The Morgan fingerprint density at radius 1 is 1.31 bits per heavy atom. The molecule has 2 atom stereocenters. The van der Waals surface area contributed by atoms with Gasteiger partial charge in [-0.05, 0) is 18.9 Å². The minimum Gasteiger partial charge on any atom is -0.355 e. The maximum Gasteiger partial charge on any atom is 0.453 e. The van der Waals surface area contributed by atoms with Gasteiger partial charge in [-0.3, -0.25) is 4.79 Å². The summed E-state index contributed by atoms with van der Waals surface area (Å²) in [5, 5.41) is 8.44. The first-order valence-corrected chi connectivity index (χ1v) is 8.89. The molecule has 1 heterocycles. The van der Waals surface area contributed by atoms with Crippen molar-refractivity contribution in [1.29, 1.82) is 0 Å². The zero-order chi connectivity index (χ0) is 19.3. The summed E-state index contributed by atoms with van der Waals surface area (Å²) in [6.07, 6.45) is -3.85. The number of benzene rings is 1. The fraction of sp³-hybridized carbons (Fsp3) is 0.438. The molecule has 2 aromatic rings. The normalized spacial score (nSPS) is 14.0. The number of rotatable bonds is 7. The summed E-state index contributed by atoms with van der Waals surface area (Å²) < 4.78 is 38.4. The van der Waals surface area contributed by atoms with Crippen molar-refractivity contribution in [3.8, 4) is 0 Å². The third-order valence-corrected chi connectivity index (χ3v) is 4.91. The minimum absolute atomic E-state index is 0.160. The largest absolute Gasteiger partial charge is 0.453 e. The van der Waals surface area contributed by atoms with Gasteiger partial charge in [0.25, 0.3) is 5.82 Å². The van der Waals surface area contributed by atoms with Crippen LogP contribution in [0.1, 0.15) is 37.6 Å². The number of thioether (sulfide) groups is 1. The lowest BCUT2D eigenvalue weighted by Gasteiger charge is -2.18. The van der Waals surface area contributed by atoms with Gasteiger partial charge in [0.2, 0.25) is 11.1 Å². The summed E-state index contributed by atoms with van der Waals surface area (Å²) in [6.45, 7) is 4.04. The number of halogens is 3. The lowest BCUT2D eigenvalue weighted by Crippen LogP contribution is -2.34.